The van der Waals surface area contributed by atoms with Crippen molar-refractivity contribution in [1.82, 2.24) is 0 Å². The third-order valence-corrected chi connectivity index (χ3v) is 5.04. The van der Waals surface area contributed by atoms with E-state index >= 15 is 0 Å². The molecule has 0 unspecified atom stereocenters. The molecular formula is C17H12ClN. The molecule has 0 fully saturated rings. The summed E-state index contributed by atoms with van der Waals surface area (Å²) in [7, 11) is 0. The van der Waals surface area contributed by atoms with Gasteiger partial charge in [-0.3, -0.25) is 0 Å². The van der Waals surface area contributed by atoms with E-state index in [0.717, 1.165) is 0 Å². The van der Waals surface area contributed by atoms with Gasteiger partial charge in [-0.15, -0.1) is 11.6 Å². The van der Waals surface area contributed by atoms with Crippen molar-refractivity contribution in [3.05, 3.63) is 70.8 Å². The topological polar surface area (TPSA) is 23.8 Å². The van der Waals surface area contributed by atoms with Gasteiger partial charge in [-0.1, -0.05) is 48.5 Å². The fraction of sp³-hybridized carbons (Fsp3) is 0.235. The van der Waals surface area contributed by atoms with Crippen molar-refractivity contribution in [3.63, 3.8) is 0 Å². The second-order valence-electron chi connectivity index (χ2n) is 5.32. The maximum Gasteiger partial charge on any atom is 0.0672 e. The quantitative estimate of drug-likeness (QED) is 0.650. The van der Waals surface area contributed by atoms with Gasteiger partial charge in [-0.05, 0) is 22.3 Å². The van der Waals surface area contributed by atoms with Crippen LogP contribution < -0.4 is 0 Å². The fourth-order valence-electron chi connectivity index (χ4n) is 3.79. The summed E-state index contributed by atoms with van der Waals surface area (Å²) in [6.07, 6.45) is 0. The summed E-state index contributed by atoms with van der Waals surface area (Å²) >= 11 is 6.69. The number of hydrogen-bond donors (Lipinski definition) is 0. The molecule has 0 saturated carbocycles. The molecule has 0 spiro atoms. The van der Waals surface area contributed by atoms with E-state index in [1.165, 1.54) is 22.3 Å². The summed E-state index contributed by atoms with van der Waals surface area (Å²) in [5.74, 6) is 0.287. The van der Waals surface area contributed by atoms with Crippen LogP contribution in [0.2, 0.25) is 0 Å². The van der Waals surface area contributed by atoms with Crippen molar-refractivity contribution >= 4 is 11.6 Å². The van der Waals surface area contributed by atoms with Crippen LogP contribution in [0.15, 0.2) is 48.5 Å². The molecule has 2 aromatic rings. The van der Waals surface area contributed by atoms with Crippen LogP contribution in [-0.4, -0.2) is 0 Å². The average Bonchev–Trinajstić information content (AvgIpc) is 2.75. The highest BCUT2D eigenvalue weighted by Crippen LogP contribution is 2.61. The molecule has 4 rings (SSSR count). The van der Waals surface area contributed by atoms with E-state index in [1.54, 1.807) is 0 Å². The van der Waals surface area contributed by atoms with Gasteiger partial charge in [-0.2, -0.15) is 5.26 Å². The first-order valence-electron chi connectivity index (χ1n) is 6.54. The molecule has 0 heterocycles. The summed E-state index contributed by atoms with van der Waals surface area (Å²) in [5, 5.41) is 9.48. The second kappa shape index (κ2) is 3.85. The van der Waals surface area contributed by atoms with Crippen LogP contribution in [-0.2, 0) is 0 Å². The van der Waals surface area contributed by atoms with Crippen LogP contribution >= 0.6 is 11.6 Å². The van der Waals surface area contributed by atoms with Crippen LogP contribution in [0.5, 0.6) is 0 Å². The van der Waals surface area contributed by atoms with Gasteiger partial charge >= 0.3 is 0 Å². The van der Waals surface area contributed by atoms with Gasteiger partial charge in [0, 0.05) is 11.8 Å². The van der Waals surface area contributed by atoms with E-state index in [0.29, 0.717) is 0 Å². The Kier molecular flexibility index (Phi) is 2.25. The molecular weight excluding hydrogens is 254 g/mol. The predicted octanol–water partition coefficient (Wildman–Crippen LogP) is 4.35. The Morgan fingerprint density at radius 3 is 2.00 bits per heavy atom. The lowest BCUT2D eigenvalue weighted by Gasteiger charge is -2.32. The van der Waals surface area contributed by atoms with Crippen molar-refractivity contribution in [2.45, 2.75) is 17.2 Å². The van der Waals surface area contributed by atoms with Gasteiger partial charge < -0.3 is 0 Å². The lowest BCUT2D eigenvalue weighted by atomic mass is 9.73. The van der Waals surface area contributed by atoms with E-state index in [-0.39, 0.29) is 23.1 Å². The normalized spacial score (nSPS) is 30.3. The molecule has 2 bridgehead atoms. The number of halogens is 1. The van der Waals surface area contributed by atoms with Gasteiger partial charge in [0.25, 0.3) is 0 Å². The summed E-state index contributed by atoms with van der Waals surface area (Å²) in [6.45, 7) is 0. The lowest BCUT2D eigenvalue weighted by Crippen LogP contribution is -2.22. The molecule has 92 valence electrons. The molecule has 2 aromatic carbocycles. The highest BCUT2D eigenvalue weighted by Gasteiger charge is 2.49. The molecule has 0 N–H and O–H groups in total. The zero-order valence-electron chi connectivity index (χ0n) is 10.3. The van der Waals surface area contributed by atoms with Crippen LogP contribution in [0, 0.1) is 17.2 Å². The van der Waals surface area contributed by atoms with Crippen molar-refractivity contribution in [2.24, 2.45) is 5.92 Å². The molecule has 2 aliphatic rings. The number of fused-ring (bicyclic) bond motifs is 7. The monoisotopic (exact) mass is 265 g/mol. The summed E-state index contributed by atoms with van der Waals surface area (Å²) in [6, 6.07) is 19.2. The van der Waals surface area contributed by atoms with E-state index in [2.05, 4.69) is 36.4 Å². The van der Waals surface area contributed by atoms with E-state index in [1.807, 2.05) is 18.2 Å². The Morgan fingerprint density at radius 2 is 1.37 bits per heavy atom. The molecule has 2 aliphatic carbocycles. The number of nitrogens with zero attached hydrogens (tertiary/aromatic N) is 1. The van der Waals surface area contributed by atoms with E-state index in [9.17, 15) is 5.26 Å². The van der Waals surface area contributed by atoms with Gasteiger partial charge in [0.2, 0.25) is 0 Å². The van der Waals surface area contributed by atoms with Gasteiger partial charge in [-0.25, -0.2) is 0 Å². The first kappa shape index (κ1) is 11.1. The summed E-state index contributed by atoms with van der Waals surface area (Å²) in [5.41, 5.74) is 4.97. The number of benzene rings is 2. The number of hydrogen-bond acceptors (Lipinski definition) is 1. The third kappa shape index (κ3) is 1.30. The van der Waals surface area contributed by atoms with Crippen molar-refractivity contribution in [2.75, 3.05) is 0 Å². The molecule has 0 radical (unpaired) electrons. The van der Waals surface area contributed by atoms with Gasteiger partial charge in [0.05, 0.1) is 17.4 Å². The standard InChI is InChI=1S/C17H12ClN/c18-17-13-8-4-3-7-12(13)15-10-5-1-2-6-11(10)16(17)14(15)9-19/h1-8,14-17H/t14-,15+,16-,17-/m0/s1. The van der Waals surface area contributed by atoms with Crippen molar-refractivity contribution < 1.29 is 0 Å². The number of rotatable bonds is 0. The molecule has 4 atom stereocenters. The third-order valence-electron chi connectivity index (χ3n) is 4.53. The smallest absolute Gasteiger partial charge is 0.0672 e. The highest BCUT2D eigenvalue weighted by atomic mass is 35.5. The van der Waals surface area contributed by atoms with E-state index in [4.69, 9.17) is 11.6 Å². The minimum absolute atomic E-state index is 0.0326. The zero-order valence-corrected chi connectivity index (χ0v) is 11.0. The molecule has 0 saturated heterocycles. The Morgan fingerprint density at radius 1 is 0.842 bits per heavy atom. The highest BCUT2D eigenvalue weighted by molar-refractivity contribution is 6.21. The van der Waals surface area contributed by atoms with Crippen molar-refractivity contribution in [1.29, 1.82) is 5.26 Å². The Hall–Kier alpha value is -1.78. The van der Waals surface area contributed by atoms with Gasteiger partial charge in [0.1, 0.15) is 0 Å². The fourth-order valence-corrected chi connectivity index (χ4v) is 4.28. The number of nitriles is 1. The van der Waals surface area contributed by atoms with Crippen LogP contribution in [0.4, 0.5) is 0 Å². The predicted molar refractivity (Wildman–Crippen MR) is 75.2 cm³/mol. The molecule has 19 heavy (non-hydrogen) atoms. The van der Waals surface area contributed by atoms with Crippen LogP contribution in [0.1, 0.15) is 39.5 Å². The van der Waals surface area contributed by atoms with E-state index < -0.39 is 0 Å². The summed E-state index contributed by atoms with van der Waals surface area (Å²) in [4.78, 5) is 0. The molecule has 0 amide bonds. The summed E-state index contributed by atoms with van der Waals surface area (Å²) < 4.78 is 0. The second-order valence-corrected chi connectivity index (χ2v) is 5.79. The van der Waals surface area contributed by atoms with Crippen LogP contribution in [0.25, 0.3) is 0 Å². The minimum atomic E-state index is -0.0965. The molecule has 2 heteroatoms. The minimum Gasteiger partial charge on any atom is -0.198 e. The van der Waals surface area contributed by atoms with Gasteiger partial charge in [0.15, 0.2) is 0 Å². The zero-order chi connectivity index (χ0) is 13.0. The maximum absolute atomic E-state index is 9.58. The Labute approximate surface area is 117 Å². The largest absolute Gasteiger partial charge is 0.198 e. The van der Waals surface area contributed by atoms with Crippen molar-refractivity contribution in [3.8, 4) is 6.07 Å². The Balaban J connectivity index is 2.05. The molecule has 1 nitrogen and oxygen atoms in total. The molecule has 0 aliphatic heterocycles. The SMILES string of the molecule is N#C[C@H]1[C@@H]2c3ccccc3[C@@H]1[C@@H](Cl)c1ccccc12. The average molecular weight is 266 g/mol. The Bertz CT molecular complexity index is 700. The number of alkyl halides is 1. The first-order valence-corrected chi connectivity index (χ1v) is 6.98. The first-order chi connectivity index (χ1) is 9.33. The molecule has 0 aromatic heterocycles. The lowest BCUT2D eigenvalue weighted by molar-refractivity contribution is 0.472. The van der Waals surface area contributed by atoms with Crippen LogP contribution in [0.3, 0.4) is 0 Å². The maximum atomic E-state index is 9.58.